The quantitative estimate of drug-likeness (QED) is 0.849. The average molecular weight is 328 g/mol. The van der Waals surface area contributed by atoms with Crippen LogP contribution in [0.3, 0.4) is 0 Å². The molecule has 1 aromatic heterocycles. The molecule has 1 aromatic carbocycles. The summed E-state index contributed by atoms with van der Waals surface area (Å²) >= 11 is 0. The summed E-state index contributed by atoms with van der Waals surface area (Å²) in [6.45, 7) is 6.63. The zero-order chi connectivity index (χ0) is 17.2. The Labute approximate surface area is 131 Å². The fourth-order valence-electron chi connectivity index (χ4n) is 2.66. The molecule has 2 N–H and O–H groups in total. The van der Waals surface area contributed by atoms with Gasteiger partial charge in [0.05, 0.1) is 5.56 Å². The second-order valence-corrected chi connectivity index (χ2v) is 5.33. The van der Waals surface area contributed by atoms with E-state index >= 15 is 0 Å². The highest BCUT2D eigenvalue weighted by molar-refractivity contribution is 6.05. The van der Waals surface area contributed by atoms with Crippen LogP contribution in [0, 0.1) is 0 Å². The van der Waals surface area contributed by atoms with E-state index in [1.807, 2.05) is 13.8 Å². The van der Waals surface area contributed by atoms with Crippen molar-refractivity contribution in [3.63, 3.8) is 0 Å². The summed E-state index contributed by atoms with van der Waals surface area (Å²) in [4.78, 5) is 15.7. The van der Waals surface area contributed by atoms with Crippen LogP contribution in [0.1, 0.15) is 35.5 Å². The number of H-pyrrole nitrogens is 1. The van der Waals surface area contributed by atoms with E-state index in [4.69, 9.17) is 0 Å². The Hall–Kier alpha value is -2.02. The molecule has 0 spiro atoms. The van der Waals surface area contributed by atoms with Gasteiger partial charge >= 0.3 is 12.1 Å². The van der Waals surface area contributed by atoms with Gasteiger partial charge in [0.25, 0.3) is 0 Å². The van der Waals surface area contributed by atoms with E-state index in [9.17, 15) is 23.1 Å². The first-order valence-corrected chi connectivity index (χ1v) is 7.45. The van der Waals surface area contributed by atoms with Crippen molar-refractivity contribution in [3.05, 3.63) is 35.0 Å². The second-order valence-electron chi connectivity index (χ2n) is 5.33. The number of aromatic carboxylic acids is 1. The summed E-state index contributed by atoms with van der Waals surface area (Å²) in [5.74, 6) is -1.58. The lowest BCUT2D eigenvalue weighted by Crippen LogP contribution is -2.25. The number of aromatic amines is 1. The van der Waals surface area contributed by atoms with Crippen LogP contribution >= 0.6 is 0 Å². The Morgan fingerprint density at radius 1 is 1.26 bits per heavy atom. The number of hydrogen-bond donors (Lipinski definition) is 2. The largest absolute Gasteiger partial charge is 0.478 e. The molecule has 0 aliphatic rings. The smallest absolute Gasteiger partial charge is 0.432 e. The van der Waals surface area contributed by atoms with E-state index < -0.39 is 23.4 Å². The standard InChI is InChI=1S/C16H19F3N2O2/c1-3-21(4-2)8-7-10-5-6-12-11(9-10)13(15(22)23)14(20-12)16(17,18)19/h5-6,9,20H,3-4,7-8H2,1-2H3,(H,22,23). The third kappa shape index (κ3) is 3.67. The lowest BCUT2D eigenvalue weighted by molar-refractivity contribution is -0.141. The molecule has 4 nitrogen and oxygen atoms in total. The fraction of sp³-hybridized carbons (Fsp3) is 0.438. The van der Waals surface area contributed by atoms with Crippen LogP contribution < -0.4 is 0 Å². The first-order chi connectivity index (χ1) is 10.8. The van der Waals surface area contributed by atoms with Gasteiger partial charge in [-0.3, -0.25) is 0 Å². The fourth-order valence-corrected chi connectivity index (χ4v) is 2.66. The molecule has 1 heterocycles. The van der Waals surface area contributed by atoms with Crippen molar-refractivity contribution in [2.75, 3.05) is 19.6 Å². The molecule has 0 aliphatic heterocycles. The Bertz CT molecular complexity index is 703. The molecule has 0 atom stereocenters. The van der Waals surface area contributed by atoms with Gasteiger partial charge in [0.15, 0.2) is 0 Å². The first kappa shape index (κ1) is 17.3. The second kappa shape index (κ2) is 6.62. The number of hydrogen-bond acceptors (Lipinski definition) is 2. The molecule has 0 saturated heterocycles. The van der Waals surface area contributed by atoms with Crippen molar-refractivity contribution in [2.45, 2.75) is 26.4 Å². The summed E-state index contributed by atoms with van der Waals surface area (Å²) in [6, 6.07) is 4.77. The number of nitrogens with zero attached hydrogens (tertiary/aromatic N) is 1. The number of nitrogens with one attached hydrogen (secondary N) is 1. The van der Waals surface area contributed by atoms with E-state index in [0.29, 0.717) is 6.42 Å². The number of halogens is 3. The number of carbonyl (C=O) groups is 1. The zero-order valence-corrected chi connectivity index (χ0v) is 13.0. The van der Waals surface area contributed by atoms with Gasteiger partial charge in [-0.25, -0.2) is 4.79 Å². The molecule has 2 rings (SSSR count). The molecule has 0 fully saturated rings. The Balaban J connectivity index is 2.42. The maximum atomic E-state index is 13.0. The number of carboxylic acids is 1. The normalized spacial score (nSPS) is 12.3. The lowest BCUT2D eigenvalue weighted by Gasteiger charge is -2.17. The third-order valence-electron chi connectivity index (χ3n) is 3.97. The van der Waals surface area contributed by atoms with Crippen LogP contribution in [0.5, 0.6) is 0 Å². The number of aromatic nitrogens is 1. The summed E-state index contributed by atoms with van der Waals surface area (Å²) in [5, 5.41) is 9.27. The molecule has 0 unspecified atom stereocenters. The van der Waals surface area contributed by atoms with Crippen LogP contribution in [0.25, 0.3) is 10.9 Å². The minimum Gasteiger partial charge on any atom is -0.478 e. The monoisotopic (exact) mass is 328 g/mol. The van der Waals surface area contributed by atoms with E-state index in [0.717, 1.165) is 25.2 Å². The van der Waals surface area contributed by atoms with Crippen molar-refractivity contribution in [2.24, 2.45) is 0 Å². The predicted molar refractivity (Wildman–Crippen MR) is 81.8 cm³/mol. The molecule has 23 heavy (non-hydrogen) atoms. The number of rotatable bonds is 6. The van der Waals surface area contributed by atoms with Gasteiger partial charge < -0.3 is 15.0 Å². The van der Waals surface area contributed by atoms with Crippen molar-refractivity contribution >= 4 is 16.9 Å². The van der Waals surface area contributed by atoms with Gasteiger partial charge in [0.1, 0.15) is 5.69 Å². The van der Waals surface area contributed by atoms with E-state index in [2.05, 4.69) is 9.88 Å². The van der Waals surface area contributed by atoms with Gasteiger partial charge in [0.2, 0.25) is 0 Å². The Morgan fingerprint density at radius 2 is 1.91 bits per heavy atom. The van der Waals surface area contributed by atoms with E-state index in [1.54, 1.807) is 6.07 Å². The van der Waals surface area contributed by atoms with Gasteiger partial charge in [-0.05, 0) is 37.2 Å². The van der Waals surface area contributed by atoms with Gasteiger partial charge in [-0.1, -0.05) is 19.9 Å². The Morgan fingerprint density at radius 3 is 2.43 bits per heavy atom. The lowest BCUT2D eigenvalue weighted by atomic mass is 10.1. The number of likely N-dealkylation sites (N-methyl/N-ethyl adjacent to an activating group) is 1. The summed E-state index contributed by atoms with van der Waals surface area (Å²) in [7, 11) is 0. The van der Waals surface area contributed by atoms with Crippen molar-refractivity contribution in [1.82, 2.24) is 9.88 Å². The van der Waals surface area contributed by atoms with Gasteiger partial charge in [-0.15, -0.1) is 0 Å². The van der Waals surface area contributed by atoms with Crippen molar-refractivity contribution < 1.29 is 23.1 Å². The molecular weight excluding hydrogens is 309 g/mol. The molecule has 126 valence electrons. The summed E-state index contributed by atoms with van der Waals surface area (Å²) in [6.07, 6.45) is -4.07. The van der Waals surface area contributed by atoms with Crippen LogP contribution in [0.4, 0.5) is 13.2 Å². The third-order valence-corrected chi connectivity index (χ3v) is 3.97. The molecule has 0 radical (unpaired) electrons. The first-order valence-electron chi connectivity index (χ1n) is 7.45. The number of carboxylic acid groups (broad SMARTS) is 1. The Kier molecular flexibility index (Phi) is 4.99. The average Bonchev–Trinajstić information content (AvgIpc) is 2.87. The number of benzene rings is 1. The topological polar surface area (TPSA) is 56.3 Å². The van der Waals surface area contributed by atoms with Gasteiger partial charge in [-0.2, -0.15) is 13.2 Å². The minimum absolute atomic E-state index is 0.0990. The molecule has 2 aromatic rings. The highest BCUT2D eigenvalue weighted by Crippen LogP contribution is 2.35. The van der Waals surface area contributed by atoms with Crippen LogP contribution in [0.2, 0.25) is 0 Å². The van der Waals surface area contributed by atoms with Crippen LogP contribution in [-0.2, 0) is 12.6 Å². The predicted octanol–water partition coefficient (Wildman–Crippen LogP) is 3.77. The van der Waals surface area contributed by atoms with E-state index in [-0.39, 0.29) is 10.9 Å². The molecule has 0 amide bonds. The van der Waals surface area contributed by atoms with Crippen molar-refractivity contribution in [3.8, 4) is 0 Å². The summed E-state index contributed by atoms with van der Waals surface area (Å²) in [5.41, 5.74) is -0.918. The molecule has 0 saturated carbocycles. The molecule has 0 bridgehead atoms. The summed E-state index contributed by atoms with van der Waals surface area (Å²) < 4.78 is 39.0. The highest BCUT2D eigenvalue weighted by atomic mass is 19.4. The molecule has 0 aliphatic carbocycles. The van der Waals surface area contributed by atoms with Gasteiger partial charge in [0, 0.05) is 17.4 Å². The molecular formula is C16H19F3N2O2. The maximum absolute atomic E-state index is 13.0. The zero-order valence-electron chi connectivity index (χ0n) is 13.0. The number of alkyl halides is 3. The van der Waals surface area contributed by atoms with Crippen LogP contribution in [0.15, 0.2) is 18.2 Å². The maximum Gasteiger partial charge on any atom is 0.432 e. The van der Waals surface area contributed by atoms with Crippen LogP contribution in [-0.4, -0.2) is 40.6 Å². The SMILES string of the molecule is CCN(CC)CCc1ccc2[nH]c(C(F)(F)F)c(C(=O)O)c2c1. The molecule has 7 heteroatoms. The minimum atomic E-state index is -4.73. The highest BCUT2D eigenvalue weighted by Gasteiger charge is 2.38. The van der Waals surface area contributed by atoms with E-state index in [1.165, 1.54) is 12.1 Å². The van der Waals surface area contributed by atoms with Crippen molar-refractivity contribution in [1.29, 1.82) is 0 Å². The number of fused-ring (bicyclic) bond motifs is 1.